The molecule has 0 saturated heterocycles. The van der Waals surface area contributed by atoms with Gasteiger partial charge in [-0.25, -0.2) is 0 Å². The van der Waals surface area contributed by atoms with Gasteiger partial charge in [-0.05, 0) is 39.0 Å². The van der Waals surface area contributed by atoms with Crippen molar-refractivity contribution in [2.24, 2.45) is 0 Å². The van der Waals surface area contributed by atoms with Crippen molar-refractivity contribution in [3.63, 3.8) is 0 Å². The number of hydrogen-bond donors (Lipinski definition) is 1. The fraction of sp³-hybridized carbons (Fsp3) is 0.500. The molecule has 18 heavy (non-hydrogen) atoms. The SMILES string of the molecule is CC(C)(C)NCC(=O)c1ccc2c(c1)OCCO2. The summed E-state index contributed by atoms with van der Waals surface area (Å²) in [6, 6.07) is 5.32. The van der Waals surface area contributed by atoms with E-state index in [2.05, 4.69) is 5.32 Å². The van der Waals surface area contributed by atoms with Crippen LogP contribution in [0.3, 0.4) is 0 Å². The third-order valence-electron chi connectivity index (χ3n) is 2.64. The van der Waals surface area contributed by atoms with Gasteiger partial charge in [0, 0.05) is 11.1 Å². The Morgan fingerprint density at radius 2 is 1.89 bits per heavy atom. The molecule has 1 heterocycles. The first-order valence-corrected chi connectivity index (χ1v) is 6.13. The van der Waals surface area contributed by atoms with E-state index < -0.39 is 0 Å². The van der Waals surface area contributed by atoms with Crippen molar-refractivity contribution in [2.75, 3.05) is 19.8 Å². The topological polar surface area (TPSA) is 47.6 Å². The smallest absolute Gasteiger partial charge is 0.176 e. The van der Waals surface area contributed by atoms with Gasteiger partial charge in [0.25, 0.3) is 0 Å². The Kier molecular flexibility index (Phi) is 3.57. The Labute approximate surface area is 107 Å². The Hall–Kier alpha value is -1.55. The lowest BCUT2D eigenvalue weighted by Gasteiger charge is -2.21. The molecule has 0 atom stereocenters. The number of hydrogen-bond acceptors (Lipinski definition) is 4. The van der Waals surface area contributed by atoms with Gasteiger partial charge in [-0.3, -0.25) is 4.79 Å². The maximum atomic E-state index is 12.0. The van der Waals surface area contributed by atoms with E-state index in [9.17, 15) is 4.79 Å². The third kappa shape index (κ3) is 3.23. The molecule has 1 aromatic carbocycles. The van der Waals surface area contributed by atoms with Gasteiger partial charge in [0.1, 0.15) is 13.2 Å². The quantitative estimate of drug-likeness (QED) is 0.833. The molecule has 4 nitrogen and oxygen atoms in total. The molecule has 1 aliphatic rings. The summed E-state index contributed by atoms with van der Waals surface area (Å²) in [5.74, 6) is 1.42. The zero-order valence-corrected chi connectivity index (χ0v) is 11.1. The molecular formula is C14H19NO3. The minimum atomic E-state index is -0.0660. The summed E-state index contributed by atoms with van der Waals surface area (Å²) in [6.45, 7) is 7.51. The first kappa shape index (κ1) is 12.9. The van der Waals surface area contributed by atoms with Gasteiger partial charge in [-0.2, -0.15) is 0 Å². The monoisotopic (exact) mass is 249 g/mol. The largest absolute Gasteiger partial charge is 0.486 e. The van der Waals surface area contributed by atoms with E-state index in [1.807, 2.05) is 20.8 Å². The summed E-state index contributed by atoms with van der Waals surface area (Å²) in [4.78, 5) is 12.0. The average molecular weight is 249 g/mol. The van der Waals surface area contributed by atoms with Crippen LogP contribution in [0.25, 0.3) is 0 Å². The van der Waals surface area contributed by atoms with Gasteiger partial charge in [-0.1, -0.05) is 0 Å². The number of ketones is 1. The zero-order valence-electron chi connectivity index (χ0n) is 11.1. The lowest BCUT2D eigenvalue weighted by Crippen LogP contribution is -2.39. The summed E-state index contributed by atoms with van der Waals surface area (Å²) >= 11 is 0. The molecule has 0 saturated carbocycles. The van der Waals surface area contributed by atoms with Crippen LogP contribution >= 0.6 is 0 Å². The van der Waals surface area contributed by atoms with Crippen molar-refractivity contribution in [3.8, 4) is 11.5 Å². The standard InChI is InChI=1S/C14H19NO3/c1-14(2,3)15-9-11(16)10-4-5-12-13(8-10)18-7-6-17-12/h4-5,8,15H,6-7,9H2,1-3H3. The van der Waals surface area contributed by atoms with Crippen LogP contribution in [0, 0.1) is 0 Å². The highest BCUT2D eigenvalue weighted by atomic mass is 16.6. The van der Waals surface area contributed by atoms with Crippen molar-refractivity contribution >= 4 is 5.78 Å². The number of rotatable bonds is 3. The zero-order chi connectivity index (χ0) is 13.2. The van der Waals surface area contributed by atoms with Gasteiger partial charge in [0.05, 0.1) is 6.54 Å². The number of carbonyl (C=O) groups excluding carboxylic acids is 1. The average Bonchev–Trinajstić information content (AvgIpc) is 2.34. The molecule has 1 aliphatic heterocycles. The van der Waals surface area contributed by atoms with Crippen molar-refractivity contribution in [2.45, 2.75) is 26.3 Å². The van der Waals surface area contributed by atoms with E-state index >= 15 is 0 Å². The summed E-state index contributed by atoms with van der Waals surface area (Å²) in [7, 11) is 0. The normalized spacial score (nSPS) is 14.4. The molecule has 98 valence electrons. The van der Waals surface area contributed by atoms with Gasteiger partial charge in [-0.15, -0.1) is 0 Å². The van der Waals surface area contributed by atoms with Crippen LogP contribution in [0.4, 0.5) is 0 Å². The molecular weight excluding hydrogens is 230 g/mol. The van der Waals surface area contributed by atoms with Crippen molar-refractivity contribution in [3.05, 3.63) is 23.8 Å². The highest BCUT2D eigenvalue weighted by Gasteiger charge is 2.16. The molecule has 1 N–H and O–H groups in total. The van der Waals surface area contributed by atoms with Crippen molar-refractivity contribution in [1.29, 1.82) is 0 Å². The number of Topliss-reactive ketones (excluding diaryl/α,β-unsaturated/α-hetero) is 1. The second-order valence-corrected chi connectivity index (χ2v) is 5.39. The minimum absolute atomic E-state index is 0.0573. The van der Waals surface area contributed by atoms with E-state index in [1.165, 1.54) is 0 Å². The maximum Gasteiger partial charge on any atom is 0.176 e. The minimum Gasteiger partial charge on any atom is -0.486 e. The molecule has 4 heteroatoms. The van der Waals surface area contributed by atoms with E-state index in [1.54, 1.807) is 18.2 Å². The van der Waals surface area contributed by atoms with Crippen LogP contribution in [-0.4, -0.2) is 31.1 Å². The number of benzene rings is 1. The van der Waals surface area contributed by atoms with Crippen LogP contribution in [0.15, 0.2) is 18.2 Å². The van der Waals surface area contributed by atoms with Gasteiger partial charge >= 0.3 is 0 Å². The lowest BCUT2D eigenvalue weighted by atomic mass is 10.1. The maximum absolute atomic E-state index is 12.0. The summed E-state index contributed by atoms with van der Waals surface area (Å²) in [5, 5.41) is 3.18. The Morgan fingerprint density at radius 3 is 2.56 bits per heavy atom. The van der Waals surface area contributed by atoms with Crippen LogP contribution in [-0.2, 0) is 0 Å². The van der Waals surface area contributed by atoms with Crippen LogP contribution in [0.5, 0.6) is 11.5 Å². The van der Waals surface area contributed by atoms with Gasteiger partial charge in [0.15, 0.2) is 17.3 Å². The first-order chi connectivity index (χ1) is 8.46. The van der Waals surface area contributed by atoms with Crippen molar-refractivity contribution in [1.82, 2.24) is 5.32 Å². The molecule has 0 radical (unpaired) electrons. The van der Waals surface area contributed by atoms with Crippen LogP contribution in [0.1, 0.15) is 31.1 Å². The second-order valence-electron chi connectivity index (χ2n) is 5.39. The number of nitrogens with one attached hydrogen (secondary N) is 1. The molecule has 0 fully saturated rings. The highest BCUT2D eigenvalue weighted by Crippen LogP contribution is 2.30. The predicted octanol–water partition coefficient (Wildman–Crippen LogP) is 2.03. The Balaban J connectivity index is 2.07. The van der Waals surface area contributed by atoms with Crippen molar-refractivity contribution < 1.29 is 14.3 Å². The second kappa shape index (κ2) is 4.98. The number of carbonyl (C=O) groups is 1. The van der Waals surface area contributed by atoms with E-state index in [0.717, 1.165) is 0 Å². The van der Waals surface area contributed by atoms with E-state index in [-0.39, 0.29) is 11.3 Å². The fourth-order valence-electron chi connectivity index (χ4n) is 1.66. The Bertz CT molecular complexity index is 449. The summed E-state index contributed by atoms with van der Waals surface area (Å²) < 4.78 is 10.9. The number of fused-ring (bicyclic) bond motifs is 1. The molecule has 0 aliphatic carbocycles. The van der Waals surface area contributed by atoms with Crippen LogP contribution < -0.4 is 14.8 Å². The highest BCUT2D eigenvalue weighted by molar-refractivity contribution is 5.98. The predicted molar refractivity (Wildman–Crippen MR) is 69.5 cm³/mol. The third-order valence-corrected chi connectivity index (χ3v) is 2.64. The van der Waals surface area contributed by atoms with Gasteiger partial charge < -0.3 is 14.8 Å². The first-order valence-electron chi connectivity index (χ1n) is 6.13. The molecule has 0 bridgehead atoms. The Morgan fingerprint density at radius 1 is 1.22 bits per heavy atom. The van der Waals surface area contributed by atoms with Gasteiger partial charge in [0.2, 0.25) is 0 Å². The molecule has 0 spiro atoms. The molecule has 0 aromatic heterocycles. The number of ether oxygens (including phenoxy) is 2. The fourth-order valence-corrected chi connectivity index (χ4v) is 1.66. The summed E-state index contributed by atoms with van der Waals surface area (Å²) in [5.41, 5.74) is 0.583. The van der Waals surface area contributed by atoms with E-state index in [4.69, 9.17) is 9.47 Å². The molecule has 1 aromatic rings. The van der Waals surface area contributed by atoms with E-state index in [0.29, 0.717) is 36.8 Å². The summed E-state index contributed by atoms with van der Waals surface area (Å²) in [6.07, 6.45) is 0. The van der Waals surface area contributed by atoms with Crippen LogP contribution in [0.2, 0.25) is 0 Å². The molecule has 2 rings (SSSR count). The molecule has 0 unspecified atom stereocenters. The molecule has 0 amide bonds. The lowest BCUT2D eigenvalue weighted by molar-refractivity contribution is 0.0980.